The molecule has 1 aromatic carbocycles. The van der Waals surface area contributed by atoms with E-state index in [2.05, 4.69) is 0 Å². The van der Waals surface area contributed by atoms with E-state index in [1.807, 2.05) is 36.4 Å². The second kappa shape index (κ2) is 5.33. The number of nitrogens with zero attached hydrogens (tertiary/aromatic N) is 1. The van der Waals surface area contributed by atoms with Gasteiger partial charge in [-0.15, -0.1) is 11.3 Å². The van der Waals surface area contributed by atoms with E-state index in [0.717, 1.165) is 15.3 Å². The zero-order valence-electron chi connectivity index (χ0n) is 9.59. The number of hydrogen-bond acceptors (Lipinski definition) is 3. The molecule has 0 saturated heterocycles. The number of allylic oxidation sites excluding steroid dienone is 1. The Labute approximate surface area is 113 Å². The first-order valence-corrected chi connectivity index (χ1v) is 6.44. The molecule has 2 rings (SSSR count). The number of halogens is 1. The summed E-state index contributed by atoms with van der Waals surface area (Å²) in [6.07, 6.45) is 1.57. The van der Waals surface area contributed by atoms with Crippen LogP contribution in [-0.2, 0) is 0 Å². The van der Waals surface area contributed by atoms with Crippen LogP contribution in [0.15, 0.2) is 42.1 Å². The van der Waals surface area contributed by atoms with Crippen LogP contribution in [0.25, 0.3) is 16.5 Å². The van der Waals surface area contributed by atoms with Crippen LogP contribution in [0.4, 0.5) is 0 Å². The lowest BCUT2D eigenvalue weighted by molar-refractivity contribution is -0.422. The van der Waals surface area contributed by atoms with Crippen LogP contribution in [0.2, 0.25) is 5.02 Å². The number of thiophene rings is 1. The standard InChI is InChI=1S/C13H10ClNO2S/c1-9(15(16)17)7-12-5-6-13(18-12)10-3-2-4-11(14)8-10/h2-8H,1H3. The summed E-state index contributed by atoms with van der Waals surface area (Å²) in [6.45, 7) is 1.48. The first-order valence-electron chi connectivity index (χ1n) is 5.25. The molecule has 0 unspecified atom stereocenters. The molecule has 0 amide bonds. The summed E-state index contributed by atoms with van der Waals surface area (Å²) in [7, 11) is 0. The molecule has 3 nitrogen and oxygen atoms in total. The molecule has 0 atom stereocenters. The van der Waals surface area contributed by atoms with Gasteiger partial charge in [-0.05, 0) is 29.8 Å². The Balaban J connectivity index is 2.31. The van der Waals surface area contributed by atoms with Gasteiger partial charge in [-0.2, -0.15) is 0 Å². The molecule has 0 fully saturated rings. The zero-order chi connectivity index (χ0) is 13.1. The Morgan fingerprint density at radius 3 is 2.83 bits per heavy atom. The van der Waals surface area contributed by atoms with Gasteiger partial charge >= 0.3 is 0 Å². The number of benzene rings is 1. The molecule has 92 valence electrons. The largest absolute Gasteiger partial charge is 0.259 e. The van der Waals surface area contributed by atoms with Crippen LogP contribution in [-0.4, -0.2) is 4.92 Å². The van der Waals surface area contributed by atoms with Crippen LogP contribution >= 0.6 is 22.9 Å². The third-order valence-electron chi connectivity index (χ3n) is 2.38. The van der Waals surface area contributed by atoms with E-state index in [9.17, 15) is 10.1 Å². The molecule has 2 aromatic rings. The average Bonchev–Trinajstić information content (AvgIpc) is 2.77. The molecule has 1 aromatic heterocycles. The summed E-state index contributed by atoms with van der Waals surface area (Å²) in [6, 6.07) is 11.3. The third kappa shape index (κ3) is 2.97. The van der Waals surface area contributed by atoms with Gasteiger partial charge in [0.05, 0.1) is 4.92 Å². The molecule has 0 aliphatic heterocycles. The van der Waals surface area contributed by atoms with Gasteiger partial charge in [0.1, 0.15) is 0 Å². The maximum atomic E-state index is 10.5. The van der Waals surface area contributed by atoms with Crippen LogP contribution < -0.4 is 0 Å². The van der Waals surface area contributed by atoms with E-state index < -0.39 is 4.92 Å². The average molecular weight is 280 g/mol. The summed E-state index contributed by atoms with van der Waals surface area (Å²) in [5, 5.41) is 11.2. The van der Waals surface area contributed by atoms with Crippen molar-refractivity contribution < 1.29 is 4.92 Å². The first kappa shape index (κ1) is 12.8. The summed E-state index contributed by atoms with van der Waals surface area (Å²) in [4.78, 5) is 12.1. The zero-order valence-corrected chi connectivity index (χ0v) is 11.2. The SMILES string of the molecule is CC(=Cc1ccc(-c2cccc(Cl)c2)s1)[N+](=O)[O-]. The summed E-state index contributed by atoms with van der Waals surface area (Å²) >= 11 is 7.43. The number of rotatable bonds is 3. The van der Waals surface area contributed by atoms with Crippen molar-refractivity contribution >= 4 is 29.0 Å². The number of hydrogen-bond donors (Lipinski definition) is 0. The highest BCUT2D eigenvalue weighted by Crippen LogP contribution is 2.30. The minimum Gasteiger partial charge on any atom is -0.259 e. The van der Waals surface area contributed by atoms with Crippen LogP contribution in [0.5, 0.6) is 0 Å². The van der Waals surface area contributed by atoms with Gasteiger partial charge in [-0.25, -0.2) is 0 Å². The van der Waals surface area contributed by atoms with Crippen LogP contribution in [0, 0.1) is 10.1 Å². The molecule has 5 heteroatoms. The van der Waals surface area contributed by atoms with E-state index in [1.165, 1.54) is 18.3 Å². The van der Waals surface area contributed by atoms with E-state index in [1.54, 1.807) is 6.08 Å². The van der Waals surface area contributed by atoms with Gasteiger partial charge in [0.25, 0.3) is 0 Å². The minimum atomic E-state index is -0.390. The van der Waals surface area contributed by atoms with Crippen molar-refractivity contribution in [1.29, 1.82) is 0 Å². The lowest BCUT2D eigenvalue weighted by Crippen LogP contribution is -1.91. The maximum absolute atomic E-state index is 10.5. The van der Waals surface area contributed by atoms with Crippen molar-refractivity contribution in [2.45, 2.75) is 6.92 Å². The van der Waals surface area contributed by atoms with Crippen molar-refractivity contribution in [1.82, 2.24) is 0 Å². The van der Waals surface area contributed by atoms with Crippen molar-refractivity contribution in [3.05, 3.63) is 62.1 Å². The third-order valence-corrected chi connectivity index (χ3v) is 3.69. The molecular weight excluding hydrogens is 270 g/mol. The van der Waals surface area contributed by atoms with E-state index in [0.29, 0.717) is 5.02 Å². The van der Waals surface area contributed by atoms with Gasteiger partial charge in [0.15, 0.2) is 0 Å². The molecule has 0 aliphatic carbocycles. The Morgan fingerprint density at radius 1 is 1.39 bits per heavy atom. The molecule has 0 saturated carbocycles. The first-order chi connectivity index (χ1) is 8.56. The molecular formula is C13H10ClNO2S. The number of nitro groups is 1. The lowest BCUT2D eigenvalue weighted by Gasteiger charge is -1.96. The summed E-state index contributed by atoms with van der Waals surface area (Å²) in [5.41, 5.74) is 1.15. The molecule has 0 aliphatic rings. The fraction of sp³-hybridized carbons (Fsp3) is 0.0769. The van der Waals surface area contributed by atoms with Gasteiger partial charge < -0.3 is 0 Å². The molecule has 18 heavy (non-hydrogen) atoms. The van der Waals surface area contributed by atoms with Crippen LogP contribution in [0.3, 0.4) is 0 Å². The normalized spacial score (nSPS) is 11.6. The predicted octanol–water partition coefficient (Wildman–Crippen LogP) is 4.71. The monoisotopic (exact) mass is 279 g/mol. The highest BCUT2D eigenvalue weighted by molar-refractivity contribution is 7.16. The smallest absolute Gasteiger partial charge is 0.244 e. The quantitative estimate of drug-likeness (QED) is 0.603. The van der Waals surface area contributed by atoms with Gasteiger partial charge in [-0.1, -0.05) is 23.7 Å². The van der Waals surface area contributed by atoms with Crippen molar-refractivity contribution in [3.8, 4) is 10.4 Å². The molecule has 1 heterocycles. The predicted molar refractivity (Wildman–Crippen MR) is 75.4 cm³/mol. The van der Waals surface area contributed by atoms with Gasteiger partial charge in [0.2, 0.25) is 5.70 Å². The second-order valence-electron chi connectivity index (χ2n) is 3.76. The Morgan fingerprint density at radius 2 is 2.17 bits per heavy atom. The fourth-order valence-corrected chi connectivity index (χ4v) is 2.68. The van der Waals surface area contributed by atoms with E-state index >= 15 is 0 Å². The summed E-state index contributed by atoms with van der Waals surface area (Å²) < 4.78 is 0. The van der Waals surface area contributed by atoms with Crippen molar-refractivity contribution in [3.63, 3.8) is 0 Å². The molecule has 0 N–H and O–H groups in total. The van der Waals surface area contributed by atoms with Crippen LogP contribution in [0.1, 0.15) is 11.8 Å². The van der Waals surface area contributed by atoms with Gasteiger partial charge in [0, 0.05) is 27.8 Å². The van der Waals surface area contributed by atoms with Gasteiger partial charge in [-0.3, -0.25) is 10.1 Å². The Kier molecular flexibility index (Phi) is 3.79. The van der Waals surface area contributed by atoms with Crippen molar-refractivity contribution in [2.24, 2.45) is 0 Å². The molecule has 0 radical (unpaired) electrons. The Hall–Kier alpha value is -1.65. The molecule has 0 spiro atoms. The second-order valence-corrected chi connectivity index (χ2v) is 5.31. The highest BCUT2D eigenvalue weighted by Gasteiger charge is 2.06. The van der Waals surface area contributed by atoms with E-state index in [-0.39, 0.29) is 5.70 Å². The van der Waals surface area contributed by atoms with E-state index in [4.69, 9.17) is 11.6 Å². The summed E-state index contributed by atoms with van der Waals surface area (Å²) in [5.74, 6) is 0. The topological polar surface area (TPSA) is 43.1 Å². The lowest BCUT2D eigenvalue weighted by atomic mass is 10.2. The molecule has 0 bridgehead atoms. The minimum absolute atomic E-state index is 0.134. The Bertz CT molecular complexity index is 619. The maximum Gasteiger partial charge on any atom is 0.244 e. The fourth-order valence-electron chi connectivity index (χ4n) is 1.49. The highest BCUT2D eigenvalue weighted by atomic mass is 35.5. The van der Waals surface area contributed by atoms with Crippen molar-refractivity contribution in [2.75, 3.05) is 0 Å².